The Balaban J connectivity index is 1.62. The maximum atomic E-state index is 4.57. The van der Waals surface area contributed by atoms with Crippen LogP contribution in [0.1, 0.15) is 25.7 Å². The van der Waals surface area contributed by atoms with Crippen molar-refractivity contribution in [2.24, 2.45) is 0 Å². The molecule has 0 N–H and O–H groups in total. The minimum atomic E-state index is 0.711. The van der Waals surface area contributed by atoms with Crippen LogP contribution in [0.5, 0.6) is 0 Å². The molecule has 0 saturated carbocycles. The van der Waals surface area contributed by atoms with Gasteiger partial charge in [-0.05, 0) is 63.2 Å². The van der Waals surface area contributed by atoms with Gasteiger partial charge < -0.3 is 9.80 Å². The molecule has 1 fully saturated rings. The summed E-state index contributed by atoms with van der Waals surface area (Å²) in [5.41, 5.74) is 2.65. The Labute approximate surface area is 154 Å². The van der Waals surface area contributed by atoms with Crippen LogP contribution in [0.15, 0.2) is 57.2 Å². The summed E-state index contributed by atoms with van der Waals surface area (Å²) in [5.74, 6) is 0. The summed E-state index contributed by atoms with van der Waals surface area (Å²) in [6.45, 7) is 2.31. The van der Waals surface area contributed by atoms with Crippen molar-refractivity contribution in [3.8, 4) is 0 Å². The third-order valence-corrected chi connectivity index (χ3v) is 6.63. The topological polar surface area (TPSA) is 6.48 Å². The molecule has 4 rings (SSSR count). The number of hydrogen-bond donors (Lipinski definition) is 1. The van der Waals surface area contributed by atoms with Crippen molar-refractivity contribution in [3.05, 3.63) is 42.5 Å². The molecule has 2 aromatic carbocycles. The van der Waals surface area contributed by atoms with Crippen LogP contribution in [0.3, 0.4) is 0 Å². The molecule has 2 nitrogen and oxygen atoms in total. The van der Waals surface area contributed by atoms with Crippen LogP contribution < -0.4 is 4.90 Å². The SMILES string of the molecule is CN1CCCCC1CCN1c2ccccc2Sc2ccc(S)cc21. The van der Waals surface area contributed by atoms with Gasteiger partial charge in [-0.25, -0.2) is 0 Å². The number of para-hydroxylation sites is 1. The van der Waals surface area contributed by atoms with Gasteiger partial charge in [-0.1, -0.05) is 30.3 Å². The van der Waals surface area contributed by atoms with Crippen molar-refractivity contribution in [2.45, 2.75) is 46.4 Å². The van der Waals surface area contributed by atoms with Gasteiger partial charge in [0, 0.05) is 27.3 Å². The van der Waals surface area contributed by atoms with Gasteiger partial charge in [0.1, 0.15) is 0 Å². The third kappa shape index (κ3) is 3.19. The standard InChI is InChI=1S/C20H24N2S2/c1-21-12-5-4-6-15(21)11-13-22-17-7-2-3-8-19(17)24-20-10-9-16(23)14-18(20)22/h2-3,7-10,14-15,23H,4-6,11-13H2,1H3. The van der Waals surface area contributed by atoms with Gasteiger partial charge >= 0.3 is 0 Å². The van der Waals surface area contributed by atoms with Gasteiger partial charge in [0.15, 0.2) is 0 Å². The zero-order chi connectivity index (χ0) is 16.5. The predicted molar refractivity (Wildman–Crippen MR) is 106 cm³/mol. The zero-order valence-electron chi connectivity index (χ0n) is 14.1. The highest BCUT2D eigenvalue weighted by atomic mass is 32.2. The molecule has 2 aromatic rings. The molecule has 126 valence electrons. The molecule has 0 radical (unpaired) electrons. The highest BCUT2D eigenvalue weighted by Gasteiger charge is 2.25. The number of nitrogens with zero attached hydrogens (tertiary/aromatic N) is 2. The molecule has 24 heavy (non-hydrogen) atoms. The van der Waals surface area contributed by atoms with E-state index in [0.717, 1.165) is 11.4 Å². The largest absolute Gasteiger partial charge is 0.340 e. The molecule has 0 aromatic heterocycles. The number of benzene rings is 2. The van der Waals surface area contributed by atoms with Crippen LogP contribution in [-0.4, -0.2) is 31.1 Å². The Morgan fingerprint density at radius 3 is 2.79 bits per heavy atom. The highest BCUT2D eigenvalue weighted by Crippen LogP contribution is 2.48. The van der Waals surface area contributed by atoms with Gasteiger partial charge in [-0.2, -0.15) is 0 Å². The lowest BCUT2D eigenvalue weighted by molar-refractivity contribution is 0.178. The van der Waals surface area contributed by atoms with Crippen molar-refractivity contribution in [2.75, 3.05) is 25.0 Å². The second kappa shape index (κ2) is 7.03. The van der Waals surface area contributed by atoms with Crippen molar-refractivity contribution in [1.82, 2.24) is 4.90 Å². The molecule has 0 spiro atoms. The second-order valence-corrected chi connectivity index (χ2v) is 8.39. The third-order valence-electron chi connectivity index (χ3n) is 5.22. The lowest BCUT2D eigenvalue weighted by atomic mass is 9.99. The van der Waals surface area contributed by atoms with Gasteiger partial charge in [0.25, 0.3) is 0 Å². The molecule has 1 unspecified atom stereocenters. The summed E-state index contributed by atoms with van der Waals surface area (Å²) in [4.78, 5) is 8.78. The monoisotopic (exact) mass is 356 g/mol. The molecule has 0 amide bonds. The highest BCUT2D eigenvalue weighted by molar-refractivity contribution is 7.99. The predicted octanol–water partition coefficient (Wildman–Crippen LogP) is 5.45. The van der Waals surface area contributed by atoms with Crippen LogP contribution in [0.2, 0.25) is 0 Å². The van der Waals surface area contributed by atoms with Crippen molar-refractivity contribution >= 4 is 35.8 Å². The average Bonchev–Trinajstić information content (AvgIpc) is 2.60. The van der Waals surface area contributed by atoms with E-state index in [2.05, 4.69) is 71.9 Å². The maximum Gasteiger partial charge on any atom is 0.0564 e. The summed E-state index contributed by atoms with van der Waals surface area (Å²) >= 11 is 6.44. The first-order valence-corrected chi connectivity index (χ1v) is 10.1. The first-order valence-electron chi connectivity index (χ1n) is 8.80. The lowest BCUT2D eigenvalue weighted by Gasteiger charge is -2.37. The average molecular weight is 357 g/mol. The van der Waals surface area contributed by atoms with Crippen LogP contribution in [0, 0.1) is 0 Å². The van der Waals surface area contributed by atoms with E-state index in [-0.39, 0.29) is 0 Å². The maximum absolute atomic E-state index is 4.57. The molecule has 4 heteroatoms. The molecule has 2 aliphatic heterocycles. The van der Waals surface area contributed by atoms with E-state index in [1.807, 2.05) is 11.8 Å². The summed E-state index contributed by atoms with van der Waals surface area (Å²) in [5, 5.41) is 0. The summed E-state index contributed by atoms with van der Waals surface area (Å²) in [6, 6.07) is 16.0. The fourth-order valence-corrected chi connectivity index (χ4v) is 5.12. The molecular weight excluding hydrogens is 332 g/mol. The van der Waals surface area contributed by atoms with E-state index in [1.165, 1.54) is 53.4 Å². The van der Waals surface area contributed by atoms with E-state index in [4.69, 9.17) is 0 Å². The number of thiol groups is 1. The Bertz CT molecular complexity index is 731. The lowest BCUT2D eigenvalue weighted by Crippen LogP contribution is -2.38. The number of rotatable bonds is 3. The van der Waals surface area contributed by atoms with E-state index in [1.54, 1.807) is 0 Å². The number of anilines is 2. The fourth-order valence-electron chi connectivity index (χ4n) is 3.85. The minimum absolute atomic E-state index is 0.711. The molecule has 1 atom stereocenters. The molecule has 0 bridgehead atoms. The van der Waals surface area contributed by atoms with Crippen molar-refractivity contribution < 1.29 is 0 Å². The Kier molecular flexibility index (Phi) is 4.79. The fraction of sp³-hybridized carbons (Fsp3) is 0.400. The minimum Gasteiger partial charge on any atom is -0.340 e. The number of piperidine rings is 1. The van der Waals surface area contributed by atoms with E-state index in [0.29, 0.717) is 6.04 Å². The van der Waals surface area contributed by atoms with Crippen molar-refractivity contribution in [3.63, 3.8) is 0 Å². The van der Waals surface area contributed by atoms with E-state index in [9.17, 15) is 0 Å². The smallest absolute Gasteiger partial charge is 0.0564 e. The zero-order valence-corrected chi connectivity index (χ0v) is 15.8. The Hall–Kier alpha value is -1.10. The molecule has 2 aliphatic rings. The van der Waals surface area contributed by atoms with Crippen LogP contribution >= 0.6 is 24.4 Å². The molecular formula is C20H24N2S2. The molecule has 1 saturated heterocycles. The van der Waals surface area contributed by atoms with Crippen LogP contribution in [0.25, 0.3) is 0 Å². The van der Waals surface area contributed by atoms with Gasteiger partial charge in [-0.15, -0.1) is 12.6 Å². The van der Waals surface area contributed by atoms with E-state index < -0.39 is 0 Å². The number of fused-ring (bicyclic) bond motifs is 2. The Morgan fingerprint density at radius 2 is 1.92 bits per heavy atom. The van der Waals surface area contributed by atoms with Gasteiger partial charge in [0.2, 0.25) is 0 Å². The van der Waals surface area contributed by atoms with E-state index >= 15 is 0 Å². The molecule has 2 heterocycles. The summed E-state index contributed by atoms with van der Waals surface area (Å²) in [6.07, 6.45) is 5.27. The van der Waals surface area contributed by atoms with Gasteiger partial charge in [0.05, 0.1) is 11.4 Å². The summed E-state index contributed by atoms with van der Waals surface area (Å²) in [7, 11) is 2.28. The van der Waals surface area contributed by atoms with Gasteiger partial charge in [-0.3, -0.25) is 0 Å². The number of hydrogen-bond acceptors (Lipinski definition) is 4. The number of likely N-dealkylation sites (tertiary alicyclic amines) is 1. The Morgan fingerprint density at radius 1 is 1.08 bits per heavy atom. The second-order valence-electron chi connectivity index (χ2n) is 6.79. The first-order chi connectivity index (χ1) is 11.7. The summed E-state index contributed by atoms with van der Waals surface area (Å²) < 4.78 is 0. The first kappa shape index (κ1) is 16.4. The van der Waals surface area contributed by atoms with Crippen LogP contribution in [-0.2, 0) is 0 Å². The van der Waals surface area contributed by atoms with Crippen molar-refractivity contribution in [1.29, 1.82) is 0 Å². The quantitative estimate of drug-likeness (QED) is 0.731. The molecule has 0 aliphatic carbocycles. The van der Waals surface area contributed by atoms with Crippen LogP contribution in [0.4, 0.5) is 11.4 Å². The normalized spacial score (nSPS) is 20.6.